The van der Waals surface area contributed by atoms with Crippen molar-refractivity contribution >= 4 is 11.4 Å². The summed E-state index contributed by atoms with van der Waals surface area (Å²) < 4.78 is 5.31. The third-order valence-electron chi connectivity index (χ3n) is 2.45. The van der Waals surface area contributed by atoms with E-state index in [2.05, 4.69) is 0 Å². The number of fused-ring (bicyclic) bond motifs is 1. The molecule has 0 spiro atoms. The third-order valence-corrected chi connectivity index (χ3v) is 2.45. The first-order valence-electron chi connectivity index (χ1n) is 4.56. The molecule has 4 N–H and O–H groups in total. The van der Waals surface area contributed by atoms with Crippen LogP contribution in [-0.4, -0.2) is 11.5 Å². The van der Waals surface area contributed by atoms with Gasteiger partial charge in [0.1, 0.15) is 0 Å². The number of hydrogen-bond acceptors (Lipinski definition) is 5. The Kier molecular flexibility index (Phi) is 2.20. The predicted octanol–water partition coefficient (Wildman–Crippen LogP) is 0.959. The van der Waals surface area contributed by atoms with Gasteiger partial charge in [0.15, 0.2) is 5.75 Å². The standard InChI is InChI=1S/C9H11N3O3/c10-5-3-4-15-9-6(11)1-2-7(8(5)9)12(13)14/h1-2,5H,3-4,10-11H2/t5-/m0/s1. The van der Waals surface area contributed by atoms with Crippen LogP contribution in [0.25, 0.3) is 0 Å². The molecule has 6 heteroatoms. The minimum atomic E-state index is -0.465. The fraction of sp³-hybridized carbons (Fsp3) is 0.333. The van der Waals surface area contributed by atoms with Crippen LogP contribution in [0.3, 0.4) is 0 Å². The molecule has 1 atom stereocenters. The summed E-state index contributed by atoms with van der Waals surface area (Å²) in [7, 11) is 0. The first kappa shape index (κ1) is 9.72. The van der Waals surface area contributed by atoms with Gasteiger partial charge in [0, 0.05) is 18.5 Å². The predicted molar refractivity (Wildman–Crippen MR) is 54.5 cm³/mol. The maximum absolute atomic E-state index is 10.8. The van der Waals surface area contributed by atoms with Gasteiger partial charge in [-0.05, 0) is 6.07 Å². The van der Waals surface area contributed by atoms with E-state index in [-0.39, 0.29) is 11.7 Å². The van der Waals surface area contributed by atoms with Crippen molar-refractivity contribution in [3.8, 4) is 5.75 Å². The molecular formula is C9H11N3O3. The average Bonchev–Trinajstić information content (AvgIpc) is 2.19. The van der Waals surface area contributed by atoms with Crippen LogP contribution in [0.15, 0.2) is 12.1 Å². The Morgan fingerprint density at radius 3 is 2.93 bits per heavy atom. The molecule has 1 aliphatic heterocycles. The molecule has 0 saturated heterocycles. The summed E-state index contributed by atoms with van der Waals surface area (Å²) in [6, 6.07) is 2.45. The number of nitrogens with zero attached hydrogens (tertiary/aromatic N) is 1. The number of rotatable bonds is 1. The van der Waals surface area contributed by atoms with Gasteiger partial charge < -0.3 is 16.2 Å². The van der Waals surface area contributed by atoms with E-state index in [4.69, 9.17) is 16.2 Å². The number of benzene rings is 1. The van der Waals surface area contributed by atoms with Crippen molar-refractivity contribution in [1.29, 1.82) is 0 Å². The largest absolute Gasteiger partial charge is 0.491 e. The molecule has 80 valence electrons. The summed E-state index contributed by atoms with van der Waals surface area (Å²) in [5, 5.41) is 10.8. The number of hydrogen-bond donors (Lipinski definition) is 2. The van der Waals surface area contributed by atoms with Crippen molar-refractivity contribution in [3.05, 3.63) is 27.8 Å². The van der Waals surface area contributed by atoms with Gasteiger partial charge >= 0.3 is 0 Å². The molecule has 0 bridgehead atoms. The molecule has 0 aromatic heterocycles. The van der Waals surface area contributed by atoms with Crippen LogP contribution < -0.4 is 16.2 Å². The minimum absolute atomic E-state index is 0.0219. The Morgan fingerprint density at radius 1 is 1.53 bits per heavy atom. The summed E-state index contributed by atoms with van der Waals surface area (Å²) in [5.41, 5.74) is 12.3. The lowest BCUT2D eigenvalue weighted by atomic mass is 9.98. The van der Waals surface area contributed by atoms with Gasteiger partial charge in [-0.2, -0.15) is 0 Å². The highest BCUT2D eigenvalue weighted by Crippen LogP contribution is 2.41. The molecule has 0 radical (unpaired) electrons. The van der Waals surface area contributed by atoms with Gasteiger partial charge in [0.05, 0.1) is 22.8 Å². The maximum atomic E-state index is 10.8. The molecular weight excluding hydrogens is 198 g/mol. The molecule has 1 aromatic rings. The third kappa shape index (κ3) is 1.48. The highest BCUT2D eigenvalue weighted by atomic mass is 16.6. The van der Waals surface area contributed by atoms with E-state index in [9.17, 15) is 10.1 Å². The first-order valence-corrected chi connectivity index (χ1v) is 4.56. The molecule has 0 fully saturated rings. The van der Waals surface area contributed by atoms with Crippen LogP contribution in [0.1, 0.15) is 18.0 Å². The minimum Gasteiger partial charge on any atom is -0.491 e. The van der Waals surface area contributed by atoms with Crippen LogP contribution in [0, 0.1) is 10.1 Å². The lowest BCUT2D eigenvalue weighted by Crippen LogP contribution is -2.22. The second-order valence-electron chi connectivity index (χ2n) is 3.42. The molecule has 2 rings (SSSR count). The van der Waals surface area contributed by atoms with Gasteiger partial charge in [0.2, 0.25) is 0 Å². The maximum Gasteiger partial charge on any atom is 0.278 e. The van der Waals surface area contributed by atoms with Crippen molar-refractivity contribution in [2.45, 2.75) is 12.5 Å². The summed E-state index contributed by atoms with van der Waals surface area (Å²) in [6.07, 6.45) is 0.567. The quantitative estimate of drug-likeness (QED) is 0.407. The summed E-state index contributed by atoms with van der Waals surface area (Å²) in [5.74, 6) is 0.364. The van der Waals surface area contributed by atoms with E-state index in [1.54, 1.807) is 0 Å². The number of nitro benzene ring substituents is 1. The smallest absolute Gasteiger partial charge is 0.278 e. The molecule has 1 aromatic carbocycles. The highest BCUT2D eigenvalue weighted by Gasteiger charge is 2.29. The Morgan fingerprint density at radius 2 is 2.27 bits per heavy atom. The van der Waals surface area contributed by atoms with Crippen molar-refractivity contribution in [2.75, 3.05) is 12.3 Å². The van der Waals surface area contributed by atoms with Gasteiger partial charge in [0.25, 0.3) is 5.69 Å². The van der Waals surface area contributed by atoms with Crippen LogP contribution in [0.4, 0.5) is 11.4 Å². The normalized spacial score (nSPS) is 19.1. The molecule has 0 amide bonds. The van der Waals surface area contributed by atoms with E-state index in [1.165, 1.54) is 12.1 Å². The van der Waals surface area contributed by atoms with Crippen molar-refractivity contribution in [2.24, 2.45) is 5.73 Å². The second kappa shape index (κ2) is 3.39. The monoisotopic (exact) mass is 209 g/mol. The van der Waals surface area contributed by atoms with E-state index >= 15 is 0 Å². The van der Waals surface area contributed by atoms with Gasteiger partial charge in [-0.3, -0.25) is 10.1 Å². The Hall–Kier alpha value is -1.82. The zero-order valence-corrected chi connectivity index (χ0v) is 7.97. The fourth-order valence-electron chi connectivity index (χ4n) is 1.72. The molecule has 0 aliphatic carbocycles. The first-order chi connectivity index (χ1) is 7.11. The lowest BCUT2D eigenvalue weighted by molar-refractivity contribution is -0.385. The summed E-state index contributed by atoms with van der Waals surface area (Å²) >= 11 is 0. The fourth-order valence-corrected chi connectivity index (χ4v) is 1.72. The van der Waals surface area contributed by atoms with E-state index < -0.39 is 4.92 Å². The number of ether oxygens (including phenoxy) is 1. The second-order valence-corrected chi connectivity index (χ2v) is 3.42. The number of nitrogens with two attached hydrogens (primary N) is 2. The SMILES string of the molecule is Nc1ccc([N+](=O)[O-])c2c1OCC[C@@H]2N. The molecule has 1 aliphatic rings. The number of nitrogen functional groups attached to an aromatic ring is 1. The van der Waals surface area contributed by atoms with Gasteiger partial charge in [-0.1, -0.05) is 0 Å². The summed E-state index contributed by atoms with van der Waals surface area (Å²) in [6.45, 7) is 0.444. The van der Waals surface area contributed by atoms with Gasteiger partial charge in [-0.25, -0.2) is 0 Å². The van der Waals surface area contributed by atoms with Crippen LogP contribution in [0.5, 0.6) is 5.75 Å². The molecule has 15 heavy (non-hydrogen) atoms. The van der Waals surface area contributed by atoms with Crippen molar-refractivity contribution in [1.82, 2.24) is 0 Å². The zero-order valence-electron chi connectivity index (χ0n) is 7.97. The highest BCUT2D eigenvalue weighted by molar-refractivity contribution is 5.65. The Labute approximate surface area is 86.0 Å². The van der Waals surface area contributed by atoms with E-state index in [0.717, 1.165) is 0 Å². The van der Waals surface area contributed by atoms with Gasteiger partial charge in [-0.15, -0.1) is 0 Å². The topological polar surface area (TPSA) is 104 Å². The van der Waals surface area contributed by atoms with E-state index in [0.29, 0.717) is 30.0 Å². The van der Waals surface area contributed by atoms with Crippen molar-refractivity contribution < 1.29 is 9.66 Å². The Balaban J connectivity index is 2.65. The molecule has 0 unspecified atom stereocenters. The summed E-state index contributed by atoms with van der Waals surface area (Å²) in [4.78, 5) is 10.3. The zero-order chi connectivity index (χ0) is 11.0. The van der Waals surface area contributed by atoms with E-state index in [1.807, 2.05) is 0 Å². The molecule has 6 nitrogen and oxygen atoms in total. The lowest BCUT2D eigenvalue weighted by Gasteiger charge is -2.23. The van der Waals surface area contributed by atoms with Crippen LogP contribution >= 0.6 is 0 Å². The van der Waals surface area contributed by atoms with Crippen LogP contribution in [-0.2, 0) is 0 Å². The van der Waals surface area contributed by atoms with Crippen molar-refractivity contribution in [3.63, 3.8) is 0 Å². The molecule has 0 saturated carbocycles. The Bertz CT molecular complexity index is 419. The number of anilines is 1. The number of nitro groups is 1. The molecule has 1 heterocycles. The van der Waals surface area contributed by atoms with Crippen LogP contribution in [0.2, 0.25) is 0 Å². The average molecular weight is 209 g/mol.